The molecule has 3 heterocycles. The Hall–Kier alpha value is -4.48. The second kappa shape index (κ2) is 14.3. The van der Waals surface area contributed by atoms with Crippen molar-refractivity contribution in [2.24, 2.45) is 0 Å². The lowest BCUT2D eigenvalue weighted by Crippen LogP contribution is -2.48. The van der Waals surface area contributed by atoms with Crippen molar-refractivity contribution in [2.45, 2.75) is 70.7 Å². The summed E-state index contributed by atoms with van der Waals surface area (Å²) in [5.41, 5.74) is 3.45. The van der Waals surface area contributed by atoms with E-state index >= 15 is 0 Å². The zero-order chi connectivity index (χ0) is 32.8. The molecule has 11 heteroatoms. The summed E-state index contributed by atoms with van der Waals surface area (Å²) >= 11 is 0. The number of aliphatic hydroxyl groups excluding tert-OH is 1. The molecule has 0 aliphatic carbocycles. The van der Waals surface area contributed by atoms with Gasteiger partial charge in [0.05, 0.1) is 17.8 Å². The molecule has 4 aromatic rings. The number of oxazole rings is 1. The molecule has 0 spiro atoms. The highest BCUT2D eigenvalue weighted by atomic mass is 19.3. The molecule has 9 nitrogen and oxygen atoms in total. The third kappa shape index (κ3) is 8.21. The van der Waals surface area contributed by atoms with Gasteiger partial charge < -0.3 is 25.1 Å². The molecule has 0 unspecified atom stereocenters. The van der Waals surface area contributed by atoms with Crippen LogP contribution in [0.15, 0.2) is 77.7 Å². The minimum atomic E-state index is -3.01. The molecule has 2 aromatic heterocycles. The van der Waals surface area contributed by atoms with Crippen molar-refractivity contribution in [3.8, 4) is 0 Å². The van der Waals surface area contributed by atoms with Crippen molar-refractivity contribution >= 4 is 11.8 Å². The zero-order valence-electron chi connectivity index (χ0n) is 26.2. The van der Waals surface area contributed by atoms with Gasteiger partial charge in [-0.1, -0.05) is 30.3 Å². The first kappa shape index (κ1) is 32.9. The Bertz CT molecular complexity index is 1660. The maximum atomic E-state index is 13.8. The summed E-state index contributed by atoms with van der Waals surface area (Å²) in [7, 11) is 0. The average molecular weight is 632 g/mol. The minimum absolute atomic E-state index is 0.0821. The third-order valence-electron chi connectivity index (χ3n) is 8.09. The maximum Gasteiger partial charge on any atom is 0.272 e. The van der Waals surface area contributed by atoms with Crippen LogP contribution in [0.5, 0.6) is 0 Å². The molecule has 3 N–H and O–H groups in total. The van der Waals surface area contributed by atoms with Crippen LogP contribution in [0.1, 0.15) is 80.4 Å². The first-order chi connectivity index (χ1) is 22.0. The molecule has 2 amide bonds. The number of aryl methyl sites for hydroxylation is 2. The highest BCUT2D eigenvalue weighted by Gasteiger charge is 2.34. The molecule has 1 saturated heterocycles. The lowest BCUT2D eigenvalue weighted by molar-refractivity contribution is 0.0170. The van der Waals surface area contributed by atoms with E-state index in [9.17, 15) is 23.5 Å². The van der Waals surface area contributed by atoms with Gasteiger partial charge in [-0.2, -0.15) is 0 Å². The molecular weight excluding hydrogens is 592 g/mol. The number of alkyl halides is 2. The number of carbonyl (C=O) groups is 2. The number of carbonyl (C=O) groups excluding carboxylic acids is 2. The van der Waals surface area contributed by atoms with Crippen LogP contribution in [-0.2, 0) is 18.9 Å². The summed E-state index contributed by atoms with van der Waals surface area (Å²) in [5, 5.41) is 17.3. The molecule has 3 atom stereocenters. The molecule has 0 radical (unpaired) electrons. The Balaban J connectivity index is 1.29. The van der Waals surface area contributed by atoms with Gasteiger partial charge in [0.2, 0.25) is 5.89 Å². The fourth-order valence-electron chi connectivity index (χ4n) is 5.73. The summed E-state index contributed by atoms with van der Waals surface area (Å²) in [5.74, 6) is -3.14. The number of nitrogens with zero attached hydrogens (tertiary/aromatic N) is 3. The predicted octanol–water partition coefficient (Wildman–Crippen LogP) is 5.27. The van der Waals surface area contributed by atoms with Crippen LogP contribution >= 0.6 is 0 Å². The fourth-order valence-corrected chi connectivity index (χ4v) is 5.73. The molecule has 0 bridgehead atoms. The van der Waals surface area contributed by atoms with Gasteiger partial charge in [-0.05, 0) is 74.1 Å². The van der Waals surface area contributed by atoms with Gasteiger partial charge in [0.25, 0.3) is 17.7 Å². The number of benzene rings is 2. The number of pyridine rings is 1. The zero-order valence-corrected chi connectivity index (χ0v) is 26.2. The Morgan fingerprint density at radius 2 is 1.85 bits per heavy atom. The van der Waals surface area contributed by atoms with Gasteiger partial charge in [-0.25, -0.2) is 13.8 Å². The molecule has 1 aliphatic heterocycles. The van der Waals surface area contributed by atoms with E-state index < -0.39 is 24.0 Å². The molecule has 1 aliphatic rings. The summed E-state index contributed by atoms with van der Waals surface area (Å²) in [4.78, 5) is 37.4. The highest BCUT2D eigenvalue weighted by molar-refractivity contribution is 6.00. The number of nitrogens with one attached hydrogen (secondary N) is 2. The Morgan fingerprint density at radius 3 is 2.57 bits per heavy atom. The van der Waals surface area contributed by atoms with Crippen molar-refractivity contribution in [1.82, 2.24) is 25.5 Å². The third-order valence-corrected chi connectivity index (χ3v) is 8.09. The lowest BCUT2D eigenvalue weighted by atomic mass is 9.99. The van der Waals surface area contributed by atoms with Gasteiger partial charge in [0.1, 0.15) is 12.3 Å². The first-order valence-electron chi connectivity index (χ1n) is 15.4. The SMILES string of the molecule is Cc1cc(C(=O)N[C@@H](Cc2ccccc2)[C@H](O)CNCc2cncc(C(C)(F)F)c2)cc(C(=O)N2CCC[C@@H]2c2nc(C)co2)c1. The molecule has 46 heavy (non-hydrogen) atoms. The van der Waals surface area contributed by atoms with Crippen molar-refractivity contribution in [1.29, 1.82) is 0 Å². The number of aliphatic hydroxyl groups is 1. The average Bonchev–Trinajstić information content (AvgIpc) is 3.69. The van der Waals surface area contributed by atoms with Crippen molar-refractivity contribution < 1.29 is 27.9 Å². The van der Waals surface area contributed by atoms with Gasteiger partial charge in [-0.3, -0.25) is 14.6 Å². The van der Waals surface area contributed by atoms with E-state index in [4.69, 9.17) is 4.42 Å². The highest BCUT2D eigenvalue weighted by Crippen LogP contribution is 2.33. The van der Waals surface area contributed by atoms with E-state index in [1.807, 2.05) is 44.2 Å². The predicted molar refractivity (Wildman–Crippen MR) is 168 cm³/mol. The van der Waals surface area contributed by atoms with Crippen molar-refractivity contribution in [2.75, 3.05) is 13.1 Å². The van der Waals surface area contributed by atoms with Gasteiger partial charge in [0, 0.05) is 55.6 Å². The Kier molecular flexibility index (Phi) is 10.2. The fraction of sp³-hybridized carbons (Fsp3) is 0.371. The number of hydrogen-bond donors (Lipinski definition) is 3. The Morgan fingerprint density at radius 1 is 1.09 bits per heavy atom. The number of rotatable bonds is 12. The first-order valence-corrected chi connectivity index (χ1v) is 15.4. The molecule has 5 rings (SSSR count). The molecular formula is C35H39F2N5O4. The second-order valence-corrected chi connectivity index (χ2v) is 12.0. The minimum Gasteiger partial charge on any atom is -0.446 e. The normalized spacial score (nSPS) is 16.3. The van der Waals surface area contributed by atoms with E-state index in [0.717, 1.165) is 42.8 Å². The molecule has 0 saturated carbocycles. The number of halogens is 2. The molecule has 242 valence electrons. The largest absolute Gasteiger partial charge is 0.446 e. The van der Waals surface area contributed by atoms with E-state index in [2.05, 4.69) is 20.6 Å². The van der Waals surface area contributed by atoms with Crippen LogP contribution in [-0.4, -0.2) is 57.0 Å². The topological polar surface area (TPSA) is 121 Å². The van der Waals surface area contributed by atoms with Crippen LogP contribution < -0.4 is 10.6 Å². The van der Waals surface area contributed by atoms with E-state index in [1.54, 1.807) is 29.4 Å². The monoisotopic (exact) mass is 631 g/mol. The van der Waals surface area contributed by atoms with Crippen LogP contribution in [0.4, 0.5) is 8.78 Å². The van der Waals surface area contributed by atoms with E-state index in [1.165, 1.54) is 12.3 Å². The summed E-state index contributed by atoms with van der Waals surface area (Å²) < 4.78 is 33.1. The molecule has 1 fully saturated rings. The van der Waals surface area contributed by atoms with Crippen LogP contribution in [0.2, 0.25) is 0 Å². The standard InChI is InChI=1S/C35H39F2N5O4/c1-22-12-26(16-27(13-22)34(45)42-11-7-10-30(42)33-40-23(2)21-46-33)32(44)41-29(15-24-8-5-4-6-9-24)31(43)20-39-18-25-14-28(19-38-17-25)35(3,36)37/h4-6,8-9,12-14,16-17,19,21,29-31,39,43H,7,10-11,15,18,20H2,1-3H3,(H,41,44)/t29-,30+,31+/m0/s1. The van der Waals surface area contributed by atoms with Crippen molar-refractivity contribution in [3.63, 3.8) is 0 Å². The summed E-state index contributed by atoms with van der Waals surface area (Å²) in [6, 6.07) is 14.9. The van der Waals surface area contributed by atoms with Gasteiger partial charge in [-0.15, -0.1) is 0 Å². The van der Waals surface area contributed by atoms with Crippen LogP contribution in [0.3, 0.4) is 0 Å². The Labute approximate surface area is 267 Å². The maximum absolute atomic E-state index is 13.8. The lowest BCUT2D eigenvalue weighted by Gasteiger charge is -2.25. The number of likely N-dealkylation sites (tertiary alicyclic amines) is 1. The van der Waals surface area contributed by atoms with Crippen molar-refractivity contribution in [3.05, 3.63) is 118 Å². The second-order valence-electron chi connectivity index (χ2n) is 12.0. The van der Waals surface area contributed by atoms with E-state index in [0.29, 0.717) is 35.5 Å². The van der Waals surface area contributed by atoms with Gasteiger partial charge >= 0.3 is 0 Å². The number of aromatic nitrogens is 2. The summed E-state index contributed by atoms with van der Waals surface area (Å²) in [6.07, 6.45) is 5.08. The molecule has 2 aromatic carbocycles. The smallest absolute Gasteiger partial charge is 0.272 e. The number of hydrogen-bond acceptors (Lipinski definition) is 7. The van der Waals surface area contributed by atoms with Crippen LogP contribution in [0, 0.1) is 13.8 Å². The van der Waals surface area contributed by atoms with Gasteiger partial charge in [0.15, 0.2) is 0 Å². The number of amides is 2. The van der Waals surface area contributed by atoms with Crippen LogP contribution in [0.25, 0.3) is 0 Å². The quantitative estimate of drug-likeness (QED) is 0.195. The van der Waals surface area contributed by atoms with E-state index in [-0.39, 0.29) is 30.6 Å². The summed E-state index contributed by atoms with van der Waals surface area (Å²) in [6.45, 7) is 5.32.